The fourth-order valence-corrected chi connectivity index (χ4v) is 3.68. The number of methoxy groups -OCH3 is 1. The highest BCUT2D eigenvalue weighted by Crippen LogP contribution is 2.33. The summed E-state index contributed by atoms with van der Waals surface area (Å²) < 4.78 is 7.86. The molecule has 0 radical (unpaired) electrons. The van der Waals surface area contributed by atoms with E-state index in [1.54, 1.807) is 7.11 Å². The Hall–Kier alpha value is -2.37. The number of para-hydroxylation sites is 1. The van der Waals surface area contributed by atoms with E-state index in [0.717, 1.165) is 55.4 Å². The lowest BCUT2D eigenvalue weighted by Crippen LogP contribution is -2.28. The summed E-state index contributed by atoms with van der Waals surface area (Å²) in [4.78, 5) is 7.48. The Bertz CT molecular complexity index is 894. The molecule has 0 atom stereocenters. The molecule has 0 spiro atoms. The number of fused-ring (bicyclic) bond motifs is 1. The standard InChI is InChI=1S/C21H26N4O/c1-16-8-9-20-23-21(17-6-3-4-7-19(17)26-2)18(25(20)14-16)15-24-12-5-10-22-11-13-24/h3-4,6-9,14,22H,5,10-13,15H2,1-2H3. The first-order chi connectivity index (χ1) is 12.8. The number of hydrogen-bond acceptors (Lipinski definition) is 4. The van der Waals surface area contributed by atoms with Gasteiger partial charge >= 0.3 is 0 Å². The zero-order valence-electron chi connectivity index (χ0n) is 15.5. The molecule has 1 aliphatic heterocycles. The van der Waals surface area contributed by atoms with Crippen LogP contribution in [0, 0.1) is 6.92 Å². The van der Waals surface area contributed by atoms with Crippen molar-refractivity contribution in [1.82, 2.24) is 19.6 Å². The van der Waals surface area contributed by atoms with E-state index in [1.807, 2.05) is 18.2 Å². The quantitative estimate of drug-likeness (QED) is 0.785. The van der Waals surface area contributed by atoms with Crippen molar-refractivity contribution in [3.63, 3.8) is 0 Å². The Kier molecular flexibility index (Phi) is 4.91. The lowest BCUT2D eigenvalue weighted by molar-refractivity contribution is 0.280. The zero-order valence-corrected chi connectivity index (χ0v) is 15.5. The summed E-state index contributed by atoms with van der Waals surface area (Å²) >= 11 is 0. The molecule has 1 aliphatic rings. The van der Waals surface area contributed by atoms with Crippen molar-refractivity contribution in [3.05, 3.63) is 53.9 Å². The van der Waals surface area contributed by atoms with Gasteiger partial charge in [0.05, 0.1) is 18.5 Å². The third kappa shape index (κ3) is 3.32. The van der Waals surface area contributed by atoms with Gasteiger partial charge < -0.3 is 14.5 Å². The lowest BCUT2D eigenvalue weighted by atomic mass is 10.1. The molecule has 5 nitrogen and oxygen atoms in total. The van der Waals surface area contributed by atoms with Crippen molar-refractivity contribution >= 4 is 5.65 Å². The van der Waals surface area contributed by atoms with E-state index in [0.29, 0.717) is 0 Å². The second-order valence-corrected chi connectivity index (χ2v) is 6.92. The molecule has 1 fully saturated rings. The minimum atomic E-state index is 0.867. The Morgan fingerprint density at radius 2 is 2.00 bits per heavy atom. The van der Waals surface area contributed by atoms with E-state index in [-0.39, 0.29) is 0 Å². The van der Waals surface area contributed by atoms with Crippen LogP contribution in [-0.2, 0) is 6.54 Å². The van der Waals surface area contributed by atoms with E-state index in [1.165, 1.54) is 17.7 Å². The molecule has 3 heterocycles. The van der Waals surface area contributed by atoms with Gasteiger partial charge in [0.2, 0.25) is 0 Å². The summed E-state index contributed by atoms with van der Waals surface area (Å²) in [5.41, 5.74) is 5.53. The summed E-state index contributed by atoms with van der Waals surface area (Å²) in [5, 5.41) is 3.48. The number of benzene rings is 1. The van der Waals surface area contributed by atoms with E-state index in [9.17, 15) is 0 Å². The molecule has 0 aliphatic carbocycles. The van der Waals surface area contributed by atoms with Gasteiger partial charge in [-0.15, -0.1) is 0 Å². The highest BCUT2D eigenvalue weighted by molar-refractivity contribution is 5.72. The average molecular weight is 350 g/mol. The maximum Gasteiger partial charge on any atom is 0.137 e. The molecule has 136 valence electrons. The monoisotopic (exact) mass is 350 g/mol. The molecule has 3 aromatic rings. The summed E-state index contributed by atoms with van der Waals surface area (Å²) in [6.45, 7) is 7.32. The molecule has 0 unspecified atom stereocenters. The van der Waals surface area contributed by atoms with Crippen LogP contribution in [0.15, 0.2) is 42.6 Å². The maximum atomic E-state index is 5.61. The fourth-order valence-electron chi connectivity index (χ4n) is 3.68. The topological polar surface area (TPSA) is 41.8 Å². The van der Waals surface area contributed by atoms with Crippen molar-refractivity contribution in [3.8, 4) is 17.0 Å². The van der Waals surface area contributed by atoms with Crippen LogP contribution < -0.4 is 10.1 Å². The average Bonchev–Trinajstić information content (AvgIpc) is 2.83. The number of aryl methyl sites for hydroxylation is 1. The smallest absolute Gasteiger partial charge is 0.137 e. The van der Waals surface area contributed by atoms with Crippen molar-refractivity contribution < 1.29 is 4.74 Å². The number of nitrogens with one attached hydrogen (secondary N) is 1. The van der Waals surface area contributed by atoms with E-state index < -0.39 is 0 Å². The predicted octanol–water partition coefficient (Wildman–Crippen LogP) is 3.11. The normalized spacial score (nSPS) is 15.9. The second-order valence-electron chi connectivity index (χ2n) is 6.92. The van der Waals surface area contributed by atoms with E-state index in [2.05, 4.69) is 45.9 Å². The molecule has 0 bridgehead atoms. The molecule has 5 heteroatoms. The first-order valence-electron chi connectivity index (χ1n) is 9.30. The van der Waals surface area contributed by atoms with Crippen LogP contribution in [0.2, 0.25) is 0 Å². The lowest BCUT2D eigenvalue weighted by Gasteiger charge is -2.20. The van der Waals surface area contributed by atoms with Gasteiger partial charge in [0.15, 0.2) is 0 Å². The molecular formula is C21H26N4O. The van der Waals surface area contributed by atoms with Crippen LogP contribution in [-0.4, -0.2) is 47.6 Å². The third-order valence-electron chi connectivity index (χ3n) is 5.03. The van der Waals surface area contributed by atoms with Crippen LogP contribution in [0.4, 0.5) is 0 Å². The van der Waals surface area contributed by atoms with Crippen LogP contribution in [0.5, 0.6) is 5.75 Å². The van der Waals surface area contributed by atoms with Crippen molar-refractivity contribution in [2.75, 3.05) is 33.3 Å². The van der Waals surface area contributed by atoms with Crippen LogP contribution in [0.1, 0.15) is 17.7 Å². The number of hydrogen-bond donors (Lipinski definition) is 1. The van der Waals surface area contributed by atoms with Gasteiger partial charge in [-0.1, -0.05) is 18.2 Å². The molecule has 26 heavy (non-hydrogen) atoms. The Morgan fingerprint density at radius 1 is 1.12 bits per heavy atom. The van der Waals surface area contributed by atoms with Gasteiger partial charge in [0.25, 0.3) is 0 Å². The van der Waals surface area contributed by atoms with Crippen molar-refractivity contribution in [1.29, 1.82) is 0 Å². The Morgan fingerprint density at radius 3 is 2.88 bits per heavy atom. The molecule has 0 saturated carbocycles. The number of ether oxygens (including phenoxy) is 1. The van der Waals surface area contributed by atoms with Crippen molar-refractivity contribution in [2.45, 2.75) is 19.9 Å². The maximum absolute atomic E-state index is 5.61. The SMILES string of the molecule is COc1ccccc1-c1nc2ccc(C)cn2c1CN1CCCNCC1. The number of aromatic nitrogens is 2. The van der Waals surface area contributed by atoms with Crippen molar-refractivity contribution in [2.24, 2.45) is 0 Å². The molecular weight excluding hydrogens is 324 g/mol. The number of pyridine rings is 1. The molecule has 1 N–H and O–H groups in total. The molecule has 1 aromatic carbocycles. The molecule has 2 aromatic heterocycles. The van der Waals surface area contributed by atoms with Gasteiger partial charge in [0, 0.05) is 31.4 Å². The highest BCUT2D eigenvalue weighted by atomic mass is 16.5. The minimum absolute atomic E-state index is 0.867. The summed E-state index contributed by atoms with van der Waals surface area (Å²) in [7, 11) is 1.72. The first kappa shape index (κ1) is 17.1. The number of imidazole rings is 1. The second kappa shape index (κ2) is 7.48. The Balaban J connectivity index is 1.83. The zero-order chi connectivity index (χ0) is 17.9. The van der Waals surface area contributed by atoms with E-state index >= 15 is 0 Å². The van der Waals surface area contributed by atoms with E-state index in [4.69, 9.17) is 9.72 Å². The summed E-state index contributed by atoms with van der Waals surface area (Å²) in [5.74, 6) is 0.867. The first-order valence-corrected chi connectivity index (χ1v) is 9.30. The molecule has 4 rings (SSSR count). The predicted molar refractivity (Wildman–Crippen MR) is 105 cm³/mol. The van der Waals surface area contributed by atoms with Gasteiger partial charge in [-0.05, 0) is 50.2 Å². The third-order valence-corrected chi connectivity index (χ3v) is 5.03. The highest BCUT2D eigenvalue weighted by Gasteiger charge is 2.20. The van der Waals surface area contributed by atoms with Gasteiger partial charge in [-0.2, -0.15) is 0 Å². The largest absolute Gasteiger partial charge is 0.496 e. The fraction of sp³-hybridized carbons (Fsp3) is 0.381. The number of nitrogens with zero attached hydrogens (tertiary/aromatic N) is 3. The number of rotatable bonds is 4. The van der Waals surface area contributed by atoms with Gasteiger partial charge in [-0.25, -0.2) is 4.98 Å². The van der Waals surface area contributed by atoms with Crippen LogP contribution in [0.25, 0.3) is 16.9 Å². The molecule has 0 amide bonds. The molecule has 1 saturated heterocycles. The summed E-state index contributed by atoms with van der Waals surface area (Å²) in [6, 6.07) is 12.4. The Labute approximate surface area is 154 Å². The van der Waals surface area contributed by atoms with Crippen LogP contribution >= 0.6 is 0 Å². The van der Waals surface area contributed by atoms with Gasteiger partial charge in [0.1, 0.15) is 11.4 Å². The van der Waals surface area contributed by atoms with Crippen LogP contribution in [0.3, 0.4) is 0 Å². The van der Waals surface area contributed by atoms with Gasteiger partial charge in [-0.3, -0.25) is 4.90 Å². The summed E-state index contributed by atoms with van der Waals surface area (Å²) in [6.07, 6.45) is 3.37. The minimum Gasteiger partial charge on any atom is -0.496 e.